The van der Waals surface area contributed by atoms with Gasteiger partial charge in [-0.15, -0.1) is 0 Å². The summed E-state index contributed by atoms with van der Waals surface area (Å²) >= 11 is 0. The van der Waals surface area contributed by atoms with E-state index in [1.165, 1.54) is 6.07 Å². The summed E-state index contributed by atoms with van der Waals surface area (Å²) in [5.41, 5.74) is 2.46. The van der Waals surface area contributed by atoms with Crippen LogP contribution in [0.5, 0.6) is 11.5 Å². The highest BCUT2D eigenvalue weighted by Crippen LogP contribution is 2.30. The zero-order chi connectivity index (χ0) is 19.3. The number of anilines is 1. The van der Waals surface area contributed by atoms with Crippen molar-refractivity contribution >= 4 is 5.82 Å². The normalized spacial score (nSPS) is 13.0. The molecule has 2 N–H and O–H groups in total. The minimum absolute atomic E-state index is 0.154. The van der Waals surface area contributed by atoms with Crippen LogP contribution in [0, 0.1) is 0 Å². The number of ether oxygens (including phenoxy) is 2. The maximum Gasteiger partial charge on any atom is 0.251 e. The van der Waals surface area contributed by atoms with Gasteiger partial charge in [-0.1, -0.05) is 13.0 Å². The van der Waals surface area contributed by atoms with E-state index in [4.69, 9.17) is 9.47 Å². The van der Waals surface area contributed by atoms with Gasteiger partial charge in [0.25, 0.3) is 5.56 Å². The summed E-state index contributed by atoms with van der Waals surface area (Å²) in [6.07, 6.45) is 3.30. The third kappa shape index (κ3) is 4.14. The van der Waals surface area contributed by atoms with Crippen molar-refractivity contribution in [3.05, 3.63) is 64.2 Å². The van der Waals surface area contributed by atoms with Crippen LogP contribution in [0.3, 0.4) is 0 Å². The van der Waals surface area contributed by atoms with Gasteiger partial charge in [0.2, 0.25) is 0 Å². The average Bonchev–Trinajstić information content (AvgIpc) is 2.97. The molecular formula is C21H22N4O3. The topological polar surface area (TPSA) is 89.1 Å². The van der Waals surface area contributed by atoms with Crippen LogP contribution in [-0.2, 0) is 13.0 Å². The van der Waals surface area contributed by atoms with Gasteiger partial charge in [0, 0.05) is 36.5 Å². The Hall–Kier alpha value is -3.35. The van der Waals surface area contributed by atoms with Crippen LogP contribution in [0.2, 0.25) is 0 Å². The van der Waals surface area contributed by atoms with Gasteiger partial charge in [-0.3, -0.25) is 4.79 Å². The summed E-state index contributed by atoms with van der Waals surface area (Å²) in [6, 6.07) is 11.2. The first-order valence-electron chi connectivity index (χ1n) is 9.40. The number of aryl methyl sites for hydroxylation is 1. The summed E-state index contributed by atoms with van der Waals surface area (Å²) in [5.74, 6) is 2.85. The van der Waals surface area contributed by atoms with Crippen LogP contribution in [0.25, 0.3) is 11.4 Å². The molecule has 0 amide bonds. The van der Waals surface area contributed by atoms with E-state index in [0.717, 1.165) is 40.6 Å². The van der Waals surface area contributed by atoms with E-state index >= 15 is 0 Å². The summed E-state index contributed by atoms with van der Waals surface area (Å²) in [6.45, 7) is 3.93. The first-order valence-corrected chi connectivity index (χ1v) is 9.40. The highest BCUT2D eigenvalue weighted by molar-refractivity contribution is 5.56. The predicted octanol–water partition coefficient (Wildman–Crippen LogP) is 3.17. The zero-order valence-corrected chi connectivity index (χ0v) is 15.7. The van der Waals surface area contributed by atoms with E-state index in [9.17, 15) is 4.79 Å². The van der Waals surface area contributed by atoms with Gasteiger partial charge in [0.15, 0.2) is 11.5 Å². The van der Waals surface area contributed by atoms with E-state index < -0.39 is 0 Å². The van der Waals surface area contributed by atoms with Crippen LogP contribution in [0.1, 0.15) is 24.6 Å². The van der Waals surface area contributed by atoms with Crippen LogP contribution in [0.4, 0.5) is 5.82 Å². The minimum Gasteiger partial charge on any atom is -0.490 e. The lowest BCUT2D eigenvalue weighted by Crippen LogP contribution is -2.10. The SMILES string of the molecule is CCc1cc(=O)[nH]c(-c2ccc(NCc3ccc4c(c3)OCCCO4)nc2)n1. The van der Waals surface area contributed by atoms with Crippen LogP contribution < -0.4 is 20.3 Å². The van der Waals surface area contributed by atoms with Crippen molar-refractivity contribution in [2.24, 2.45) is 0 Å². The molecule has 0 atom stereocenters. The summed E-state index contributed by atoms with van der Waals surface area (Å²) in [7, 11) is 0. The van der Waals surface area contributed by atoms with Crippen molar-refractivity contribution in [2.45, 2.75) is 26.3 Å². The van der Waals surface area contributed by atoms with Gasteiger partial charge in [-0.25, -0.2) is 9.97 Å². The maximum absolute atomic E-state index is 11.7. The molecule has 2 aromatic heterocycles. The number of hydrogen-bond acceptors (Lipinski definition) is 6. The molecule has 1 aromatic carbocycles. The summed E-state index contributed by atoms with van der Waals surface area (Å²) in [4.78, 5) is 23.4. The van der Waals surface area contributed by atoms with Crippen molar-refractivity contribution < 1.29 is 9.47 Å². The van der Waals surface area contributed by atoms with Crippen molar-refractivity contribution in [1.82, 2.24) is 15.0 Å². The van der Waals surface area contributed by atoms with Crippen molar-refractivity contribution in [3.63, 3.8) is 0 Å². The van der Waals surface area contributed by atoms with E-state index in [1.807, 2.05) is 37.3 Å². The molecule has 0 fully saturated rings. The van der Waals surface area contributed by atoms with Gasteiger partial charge in [0.1, 0.15) is 11.6 Å². The number of aromatic nitrogens is 3. The smallest absolute Gasteiger partial charge is 0.251 e. The lowest BCUT2D eigenvalue weighted by atomic mass is 10.2. The first kappa shape index (κ1) is 18.0. The van der Waals surface area contributed by atoms with Gasteiger partial charge in [-0.2, -0.15) is 0 Å². The number of benzene rings is 1. The average molecular weight is 378 g/mol. The molecule has 7 nitrogen and oxygen atoms in total. The van der Waals surface area contributed by atoms with Crippen molar-refractivity contribution in [2.75, 3.05) is 18.5 Å². The van der Waals surface area contributed by atoms with E-state index in [0.29, 0.717) is 32.0 Å². The lowest BCUT2D eigenvalue weighted by molar-refractivity contribution is 0.297. The predicted molar refractivity (Wildman–Crippen MR) is 107 cm³/mol. The number of hydrogen-bond donors (Lipinski definition) is 2. The molecule has 3 aromatic rings. The Morgan fingerprint density at radius 3 is 2.75 bits per heavy atom. The van der Waals surface area contributed by atoms with Crippen LogP contribution in [0.15, 0.2) is 47.4 Å². The van der Waals surface area contributed by atoms with Gasteiger partial charge in [-0.05, 0) is 36.2 Å². The molecule has 144 valence electrons. The van der Waals surface area contributed by atoms with Crippen molar-refractivity contribution in [1.29, 1.82) is 0 Å². The molecule has 0 bridgehead atoms. The van der Waals surface area contributed by atoms with Gasteiger partial charge >= 0.3 is 0 Å². The number of H-pyrrole nitrogens is 1. The molecule has 0 saturated heterocycles. The molecule has 0 radical (unpaired) electrons. The maximum atomic E-state index is 11.7. The number of rotatable bonds is 5. The number of nitrogens with zero attached hydrogens (tertiary/aromatic N) is 2. The molecule has 0 unspecified atom stereocenters. The number of pyridine rings is 1. The molecule has 0 spiro atoms. The Labute approximate surface area is 162 Å². The van der Waals surface area contributed by atoms with E-state index in [1.54, 1.807) is 6.20 Å². The molecule has 1 aliphatic rings. The first-order chi connectivity index (χ1) is 13.7. The van der Waals surface area contributed by atoms with Gasteiger partial charge < -0.3 is 19.8 Å². The molecule has 7 heteroatoms. The lowest BCUT2D eigenvalue weighted by Gasteiger charge is -2.11. The highest BCUT2D eigenvalue weighted by Gasteiger charge is 2.11. The third-order valence-electron chi connectivity index (χ3n) is 4.48. The van der Waals surface area contributed by atoms with Gasteiger partial charge in [0.05, 0.1) is 13.2 Å². The van der Waals surface area contributed by atoms with Crippen LogP contribution >= 0.6 is 0 Å². The third-order valence-corrected chi connectivity index (χ3v) is 4.48. The fourth-order valence-corrected chi connectivity index (χ4v) is 2.97. The Morgan fingerprint density at radius 2 is 1.96 bits per heavy atom. The van der Waals surface area contributed by atoms with Crippen LogP contribution in [-0.4, -0.2) is 28.2 Å². The van der Waals surface area contributed by atoms with Crippen molar-refractivity contribution in [3.8, 4) is 22.9 Å². The second-order valence-corrected chi connectivity index (χ2v) is 6.56. The molecule has 0 aliphatic carbocycles. The second kappa shape index (κ2) is 8.12. The molecular weight excluding hydrogens is 356 g/mol. The number of nitrogens with one attached hydrogen (secondary N) is 2. The zero-order valence-electron chi connectivity index (χ0n) is 15.7. The quantitative estimate of drug-likeness (QED) is 0.709. The summed E-state index contributed by atoms with van der Waals surface area (Å²) in [5, 5.41) is 3.30. The minimum atomic E-state index is -0.154. The molecule has 4 rings (SSSR count). The standard InChI is InChI=1S/C21H22N4O3/c1-2-16-11-20(26)25-21(24-16)15-5-7-19(23-13-15)22-12-14-4-6-17-18(10-14)28-9-3-8-27-17/h4-7,10-11,13H,2-3,8-9,12H2,1H3,(H,22,23)(H,24,25,26). The Balaban J connectivity index is 1.45. The number of fused-ring (bicyclic) bond motifs is 1. The molecule has 28 heavy (non-hydrogen) atoms. The van der Waals surface area contributed by atoms with E-state index in [2.05, 4.69) is 20.3 Å². The Bertz CT molecular complexity index is 1010. The Kier molecular flexibility index (Phi) is 5.23. The largest absolute Gasteiger partial charge is 0.490 e. The Morgan fingerprint density at radius 1 is 1.11 bits per heavy atom. The molecule has 0 saturated carbocycles. The highest BCUT2D eigenvalue weighted by atomic mass is 16.5. The fourth-order valence-electron chi connectivity index (χ4n) is 2.97. The second-order valence-electron chi connectivity index (χ2n) is 6.56. The summed E-state index contributed by atoms with van der Waals surface area (Å²) < 4.78 is 11.4. The molecule has 3 heterocycles. The number of aromatic amines is 1. The van der Waals surface area contributed by atoms with E-state index in [-0.39, 0.29) is 5.56 Å². The molecule has 1 aliphatic heterocycles. The fraction of sp³-hybridized carbons (Fsp3) is 0.286. The monoisotopic (exact) mass is 378 g/mol.